The number of pyridine rings is 1. The van der Waals surface area contributed by atoms with Crippen LogP contribution in [0.5, 0.6) is 11.5 Å². The van der Waals surface area contributed by atoms with Crippen LogP contribution in [0.2, 0.25) is 15.1 Å². The Balaban J connectivity index is 1.94. The van der Waals surface area contributed by atoms with E-state index in [4.69, 9.17) is 39.5 Å². The van der Waals surface area contributed by atoms with Gasteiger partial charge in [-0.1, -0.05) is 46.9 Å². The van der Waals surface area contributed by atoms with Crippen LogP contribution in [-0.2, 0) is 0 Å². The van der Waals surface area contributed by atoms with Crippen LogP contribution in [-0.4, -0.2) is 17.9 Å². The topological polar surface area (TPSA) is 42.4 Å². The van der Waals surface area contributed by atoms with Crippen molar-refractivity contribution in [2.24, 2.45) is 0 Å². The van der Waals surface area contributed by atoms with Crippen LogP contribution in [0.15, 0.2) is 60.9 Å². The van der Waals surface area contributed by atoms with Gasteiger partial charge in [-0.15, -0.1) is 0 Å². The van der Waals surface area contributed by atoms with Gasteiger partial charge in [-0.25, -0.2) is 0 Å². The molecule has 3 rings (SSSR count). The fourth-order valence-corrected chi connectivity index (χ4v) is 3.04. The molecule has 0 saturated heterocycles. The van der Waals surface area contributed by atoms with E-state index in [1.54, 1.807) is 49.5 Å². The molecule has 0 aliphatic heterocycles. The van der Waals surface area contributed by atoms with Crippen LogP contribution in [0, 0.1) is 0 Å². The Morgan fingerprint density at radius 3 is 2.50 bits per heavy atom. The molecule has 3 aromatic rings. The van der Waals surface area contributed by atoms with Gasteiger partial charge in [-0.3, -0.25) is 9.78 Å². The van der Waals surface area contributed by atoms with E-state index in [0.717, 1.165) is 0 Å². The second-order valence-electron chi connectivity index (χ2n) is 5.36. The first-order valence-electron chi connectivity index (χ1n) is 7.57. The number of halogens is 3. The second kappa shape index (κ2) is 7.96. The molecule has 0 atom stereocenters. The molecule has 0 spiro atoms. The van der Waals surface area contributed by atoms with Gasteiger partial charge in [0.2, 0.25) is 0 Å². The zero-order valence-electron chi connectivity index (χ0n) is 13.6. The molecule has 1 heterocycles. The number of benzene rings is 2. The van der Waals surface area contributed by atoms with Crippen molar-refractivity contribution in [3.63, 3.8) is 0 Å². The molecule has 4 nitrogen and oxygen atoms in total. The first-order valence-corrected chi connectivity index (χ1v) is 8.70. The van der Waals surface area contributed by atoms with Crippen LogP contribution >= 0.6 is 34.8 Å². The number of nitrogens with zero attached hydrogens (tertiary/aromatic N) is 2. The van der Waals surface area contributed by atoms with Gasteiger partial charge in [0.1, 0.15) is 5.75 Å². The lowest BCUT2D eigenvalue weighted by molar-refractivity contribution is 0.0990. The zero-order valence-corrected chi connectivity index (χ0v) is 15.9. The maximum atomic E-state index is 13.0. The molecule has 132 valence electrons. The van der Waals surface area contributed by atoms with Crippen molar-refractivity contribution in [1.29, 1.82) is 0 Å². The van der Waals surface area contributed by atoms with Crippen molar-refractivity contribution in [2.45, 2.75) is 0 Å². The van der Waals surface area contributed by atoms with Gasteiger partial charge in [0.05, 0.1) is 27.5 Å². The standard InChI is InChI=1S/C19H13Cl3N2O2/c1-24(16-5-3-2-4-14(16)21)19(25)13-8-9-23-11-18(13)26-17-7-6-12(20)10-15(17)22/h2-11H,1H3. The van der Waals surface area contributed by atoms with Gasteiger partial charge in [-0.2, -0.15) is 0 Å². The van der Waals surface area contributed by atoms with Crippen LogP contribution in [0.1, 0.15) is 10.4 Å². The summed E-state index contributed by atoms with van der Waals surface area (Å²) in [4.78, 5) is 18.4. The highest BCUT2D eigenvalue weighted by molar-refractivity contribution is 6.35. The van der Waals surface area contributed by atoms with Crippen LogP contribution in [0.3, 0.4) is 0 Å². The summed E-state index contributed by atoms with van der Waals surface area (Å²) in [7, 11) is 1.64. The molecule has 0 unspecified atom stereocenters. The van der Waals surface area contributed by atoms with E-state index in [1.165, 1.54) is 17.3 Å². The minimum Gasteiger partial charge on any atom is -0.453 e. The highest BCUT2D eigenvalue weighted by atomic mass is 35.5. The number of hydrogen-bond donors (Lipinski definition) is 0. The fraction of sp³-hybridized carbons (Fsp3) is 0.0526. The fourth-order valence-electron chi connectivity index (χ4n) is 2.33. The predicted octanol–water partition coefficient (Wildman–Crippen LogP) is 6.11. The molecule has 0 N–H and O–H groups in total. The monoisotopic (exact) mass is 406 g/mol. The number of carbonyl (C=O) groups is 1. The van der Waals surface area contributed by atoms with E-state index in [-0.39, 0.29) is 11.7 Å². The number of para-hydroxylation sites is 1. The number of anilines is 1. The molecule has 7 heteroatoms. The van der Waals surface area contributed by atoms with Gasteiger partial charge in [-0.05, 0) is 36.4 Å². The normalized spacial score (nSPS) is 10.5. The molecular formula is C19H13Cl3N2O2. The Morgan fingerprint density at radius 1 is 1.00 bits per heavy atom. The lowest BCUT2D eigenvalue weighted by Crippen LogP contribution is -2.26. The molecular weight excluding hydrogens is 395 g/mol. The van der Waals surface area contributed by atoms with Crippen molar-refractivity contribution in [3.05, 3.63) is 81.6 Å². The Hall–Kier alpha value is -2.27. The van der Waals surface area contributed by atoms with Crippen LogP contribution < -0.4 is 9.64 Å². The quantitative estimate of drug-likeness (QED) is 0.524. The van der Waals surface area contributed by atoms with Gasteiger partial charge in [0.25, 0.3) is 5.91 Å². The Kier molecular flexibility index (Phi) is 5.67. The molecule has 0 bridgehead atoms. The van der Waals surface area contributed by atoms with E-state index in [2.05, 4.69) is 4.98 Å². The average Bonchev–Trinajstić information content (AvgIpc) is 2.64. The Labute approximate surface area is 165 Å². The molecule has 0 aliphatic rings. The van der Waals surface area contributed by atoms with Crippen LogP contribution in [0.4, 0.5) is 5.69 Å². The highest BCUT2D eigenvalue weighted by Gasteiger charge is 2.20. The van der Waals surface area contributed by atoms with E-state index in [1.807, 2.05) is 6.07 Å². The summed E-state index contributed by atoms with van der Waals surface area (Å²) in [6.07, 6.45) is 2.97. The number of hydrogen-bond acceptors (Lipinski definition) is 3. The number of ether oxygens (including phenoxy) is 1. The third-order valence-electron chi connectivity index (χ3n) is 3.65. The number of aromatic nitrogens is 1. The minimum absolute atomic E-state index is 0.278. The summed E-state index contributed by atoms with van der Waals surface area (Å²) < 4.78 is 5.80. The van der Waals surface area contributed by atoms with Gasteiger partial charge < -0.3 is 9.64 Å². The lowest BCUT2D eigenvalue weighted by atomic mass is 10.2. The predicted molar refractivity (Wildman–Crippen MR) is 105 cm³/mol. The van der Waals surface area contributed by atoms with Crippen molar-refractivity contribution < 1.29 is 9.53 Å². The molecule has 26 heavy (non-hydrogen) atoms. The van der Waals surface area contributed by atoms with E-state index in [9.17, 15) is 4.79 Å². The number of amides is 1. The van der Waals surface area contributed by atoms with Gasteiger partial charge in [0.15, 0.2) is 5.75 Å². The summed E-state index contributed by atoms with van der Waals surface area (Å²) >= 11 is 18.2. The molecule has 2 aromatic carbocycles. The largest absolute Gasteiger partial charge is 0.453 e. The molecule has 1 amide bonds. The molecule has 1 aromatic heterocycles. The van der Waals surface area contributed by atoms with Gasteiger partial charge >= 0.3 is 0 Å². The number of rotatable bonds is 4. The average molecular weight is 408 g/mol. The smallest absolute Gasteiger partial charge is 0.261 e. The zero-order chi connectivity index (χ0) is 18.7. The second-order valence-corrected chi connectivity index (χ2v) is 6.62. The van der Waals surface area contributed by atoms with E-state index in [0.29, 0.717) is 32.1 Å². The molecule has 0 aliphatic carbocycles. The third kappa shape index (κ3) is 3.93. The van der Waals surface area contributed by atoms with Crippen molar-refractivity contribution >= 4 is 46.4 Å². The van der Waals surface area contributed by atoms with Gasteiger partial charge in [0, 0.05) is 18.3 Å². The molecule has 0 saturated carbocycles. The highest BCUT2D eigenvalue weighted by Crippen LogP contribution is 2.34. The maximum Gasteiger partial charge on any atom is 0.261 e. The summed E-state index contributed by atoms with van der Waals surface area (Å²) in [5.74, 6) is 0.361. The molecule has 0 fully saturated rings. The summed E-state index contributed by atoms with van der Waals surface area (Å²) in [5, 5.41) is 1.29. The van der Waals surface area contributed by atoms with E-state index >= 15 is 0 Å². The summed E-state index contributed by atoms with van der Waals surface area (Å²) in [6, 6.07) is 13.5. The summed E-state index contributed by atoms with van der Waals surface area (Å²) in [6.45, 7) is 0. The maximum absolute atomic E-state index is 13.0. The van der Waals surface area contributed by atoms with Crippen molar-refractivity contribution in [3.8, 4) is 11.5 Å². The Morgan fingerprint density at radius 2 is 1.77 bits per heavy atom. The van der Waals surface area contributed by atoms with Crippen molar-refractivity contribution in [2.75, 3.05) is 11.9 Å². The molecule has 0 radical (unpaired) electrons. The third-order valence-corrected chi connectivity index (χ3v) is 4.50. The summed E-state index contributed by atoms with van der Waals surface area (Å²) in [5.41, 5.74) is 0.917. The SMILES string of the molecule is CN(C(=O)c1ccncc1Oc1ccc(Cl)cc1Cl)c1ccccc1Cl. The lowest BCUT2D eigenvalue weighted by Gasteiger charge is -2.20. The minimum atomic E-state index is -0.291. The van der Waals surface area contributed by atoms with Crippen molar-refractivity contribution in [1.82, 2.24) is 4.98 Å². The Bertz CT molecular complexity index is 963. The van der Waals surface area contributed by atoms with Crippen LogP contribution in [0.25, 0.3) is 0 Å². The van der Waals surface area contributed by atoms with E-state index < -0.39 is 0 Å². The number of carbonyl (C=O) groups excluding carboxylic acids is 1. The first-order chi connectivity index (χ1) is 12.5. The first kappa shape index (κ1) is 18.5.